The number of hydrogen-bond donors (Lipinski definition) is 6. The number of nitrogens with one attached hydrogen (secondary N) is 2. The molecule has 168 valence electrons. The van der Waals surface area contributed by atoms with Crippen molar-refractivity contribution in [1.82, 2.24) is 20.8 Å². The lowest BCUT2D eigenvalue weighted by atomic mass is 10.1. The average Bonchev–Trinajstić information content (AvgIpc) is 3.13. The molecule has 0 saturated carbocycles. The topological polar surface area (TPSA) is 235 Å². The third kappa shape index (κ3) is 8.96. The number of unbranched alkanes of at least 4 members (excludes halogenated alkanes) is 1. The molecule has 13 heteroatoms. The van der Waals surface area contributed by atoms with Crippen LogP contribution in [0, 0.1) is 0 Å². The van der Waals surface area contributed by atoms with Gasteiger partial charge < -0.3 is 38.1 Å². The monoisotopic (exact) mass is 426 g/mol. The van der Waals surface area contributed by atoms with Crippen molar-refractivity contribution in [3.8, 4) is 0 Å². The molecule has 10 N–H and O–H groups in total. The molecule has 1 rings (SSSR count). The van der Waals surface area contributed by atoms with E-state index in [1.807, 2.05) is 0 Å². The summed E-state index contributed by atoms with van der Waals surface area (Å²) in [6, 6.07) is -3.08. The van der Waals surface area contributed by atoms with Gasteiger partial charge in [0.25, 0.3) is 0 Å². The normalized spacial score (nSPS) is 13.8. The first-order valence-electron chi connectivity index (χ1n) is 9.57. The number of carbonyl (C=O) groups excluding carboxylic acids is 4. The molecule has 0 bridgehead atoms. The number of rotatable bonds is 14. The fourth-order valence-corrected chi connectivity index (χ4v) is 2.62. The Morgan fingerprint density at radius 3 is 2.33 bits per heavy atom. The molecule has 30 heavy (non-hydrogen) atoms. The average molecular weight is 426 g/mol. The Morgan fingerprint density at radius 1 is 1.07 bits per heavy atom. The van der Waals surface area contributed by atoms with Crippen molar-refractivity contribution < 1.29 is 23.7 Å². The second-order valence-corrected chi connectivity index (χ2v) is 6.89. The molecule has 13 nitrogen and oxygen atoms in total. The van der Waals surface area contributed by atoms with Gasteiger partial charge in [-0.2, -0.15) is 4.98 Å². The highest BCUT2D eigenvalue weighted by molar-refractivity contribution is 5.86. The lowest BCUT2D eigenvalue weighted by Crippen LogP contribution is -2.46. The van der Waals surface area contributed by atoms with Gasteiger partial charge in [-0.3, -0.25) is 14.4 Å². The molecule has 0 aliphatic rings. The molecule has 0 radical (unpaired) electrons. The van der Waals surface area contributed by atoms with Crippen molar-refractivity contribution in [3.63, 3.8) is 0 Å². The van der Waals surface area contributed by atoms with Gasteiger partial charge in [-0.05, 0) is 39.2 Å². The maximum Gasteiger partial charge on any atom is 0.316 e. The van der Waals surface area contributed by atoms with Crippen molar-refractivity contribution in [2.24, 2.45) is 22.9 Å². The first-order valence-corrected chi connectivity index (χ1v) is 9.57. The van der Waals surface area contributed by atoms with E-state index in [1.54, 1.807) is 0 Å². The fraction of sp³-hybridized carbons (Fsp3) is 0.647. The lowest BCUT2D eigenvalue weighted by Gasteiger charge is -2.19. The summed E-state index contributed by atoms with van der Waals surface area (Å²) in [5, 5.41) is 8.87. The zero-order chi connectivity index (χ0) is 22.7. The smallest absolute Gasteiger partial charge is 0.316 e. The Kier molecular flexibility index (Phi) is 10.4. The molecule has 1 aromatic rings. The summed E-state index contributed by atoms with van der Waals surface area (Å²) >= 11 is 0. The molecule has 4 amide bonds. The van der Waals surface area contributed by atoms with Crippen molar-refractivity contribution in [2.45, 2.75) is 63.6 Å². The third-order valence-corrected chi connectivity index (χ3v) is 4.24. The fourth-order valence-electron chi connectivity index (χ4n) is 2.62. The van der Waals surface area contributed by atoms with Crippen molar-refractivity contribution in [1.29, 1.82) is 0 Å². The van der Waals surface area contributed by atoms with Crippen LogP contribution in [-0.2, 0) is 14.4 Å². The van der Waals surface area contributed by atoms with Crippen LogP contribution in [0.15, 0.2) is 4.52 Å². The predicted molar refractivity (Wildman–Crippen MR) is 105 cm³/mol. The molecule has 0 aliphatic heterocycles. The van der Waals surface area contributed by atoms with Crippen LogP contribution in [0.4, 0.5) is 4.79 Å². The number of Topliss-reactive ketones (excluding diaryl/α,β-unsaturated/α-hetero) is 1. The minimum atomic E-state index is -0.879. The standard InChI is InChI=1S/C17H30N8O5/c1-9(26)11(4-2-3-7-18)22-17(29)23-12(5-6-13(20)27)16-24-15(25-30-16)10(19)8-14(21)28/h10-12H,2-8,18-19H2,1H3,(H2,20,27)(H2,21,28)(H2,22,23,29)/t10-,11-,12-/m0/s1. The molecule has 3 atom stereocenters. The number of carbonyl (C=O) groups is 4. The third-order valence-electron chi connectivity index (χ3n) is 4.24. The number of aromatic nitrogens is 2. The quantitative estimate of drug-likeness (QED) is 0.192. The van der Waals surface area contributed by atoms with Crippen LogP contribution in [0.3, 0.4) is 0 Å². The minimum Gasteiger partial charge on any atom is -0.370 e. The molecular weight excluding hydrogens is 396 g/mol. The molecule has 0 aromatic carbocycles. The van der Waals surface area contributed by atoms with Gasteiger partial charge >= 0.3 is 6.03 Å². The van der Waals surface area contributed by atoms with Crippen molar-refractivity contribution in [3.05, 3.63) is 11.7 Å². The second-order valence-electron chi connectivity index (χ2n) is 6.89. The Labute approximate surface area is 173 Å². The number of hydrogen-bond acceptors (Lipinski definition) is 9. The van der Waals surface area contributed by atoms with Crippen LogP contribution in [-0.4, -0.2) is 46.4 Å². The second kappa shape index (κ2) is 12.5. The van der Waals surface area contributed by atoms with E-state index in [9.17, 15) is 19.2 Å². The first kappa shape index (κ1) is 25.0. The van der Waals surface area contributed by atoms with Gasteiger partial charge in [0.05, 0.1) is 12.1 Å². The highest BCUT2D eigenvalue weighted by Gasteiger charge is 2.26. The van der Waals surface area contributed by atoms with E-state index >= 15 is 0 Å². The molecule has 0 spiro atoms. The van der Waals surface area contributed by atoms with Gasteiger partial charge in [0, 0.05) is 12.8 Å². The highest BCUT2D eigenvalue weighted by atomic mass is 16.5. The van der Waals surface area contributed by atoms with E-state index in [-0.39, 0.29) is 36.8 Å². The summed E-state index contributed by atoms with van der Waals surface area (Å²) in [6.07, 6.45) is 1.66. The number of amides is 4. The molecule has 0 saturated heterocycles. The van der Waals surface area contributed by atoms with Crippen molar-refractivity contribution >= 4 is 23.6 Å². The van der Waals surface area contributed by atoms with Gasteiger partial charge in [-0.15, -0.1) is 0 Å². The van der Waals surface area contributed by atoms with E-state index in [0.29, 0.717) is 19.4 Å². The number of primary amides is 2. The van der Waals surface area contributed by atoms with E-state index in [0.717, 1.165) is 6.42 Å². The zero-order valence-corrected chi connectivity index (χ0v) is 16.9. The molecular formula is C17H30N8O5. The van der Waals surface area contributed by atoms with Gasteiger partial charge in [-0.25, -0.2) is 4.79 Å². The summed E-state index contributed by atoms with van der Waals surface area (Å²) < 4.78 is 5.13. The van der Waals surface area contributed by atoms with Gasteiger partial charge in [0.15, 0.2) is 11.6 Å². The Bertz CT molecular complexity index is 737. The van der Waals surface area contributed by atoms with Crippen molar-refractivity contribution in [2.75, 3.05) is 6.54 Å². The van der Waals surface area contributed by atoms with Crippen LogP contribution in [0.1, 0.15) is 69.2 Å². The maximum absolute atomic E-state index is 12.4. The van der Waals surface area contributed by atoms with E-state index in [1.165, 1.54) is 6.92 Å². The Hall–Kier alpha value is -3.06. The predicted octanol–water partition coefficient (Wildman–Crippen LogP) is -1.36. The minimum absolute atomic E-state index is 0.0242. The summed E-state index contributed by atoms with van der Waals surface area (Å²) in [4.78, 5) is 50.5. The number of ketones is 1. The summed E-state index contributed by atoms with van der Waals surface area (Å²) in [6.45, 7) is 1.87. The molecule has 0 unspecified atom stereocenters. The number of nitrogens with two attached hydrogens (primary N) is 4. The number of nitrogens with zero attached hydrogens (tertiary/aromatic N) is 2. The highest BCUT2D eigenvalue weighted by Crippen LogP contribution is 2.19. The summed E-state index contributed by atoms with van der Waals surface area (Å²) in [5.41, 5.74) is 21.5. The van der Waals surface area contributed by atoms with Crippen LogP contribution in [0.25, 0.3) is 0 Å². The zero-order valence-electron chi connectivity index (χ0n) is 16.9. The largest absolute Gasteiger partial charge is 0.370 e. The molecule has 0 aliphatic carbocycles. The Morgan fingerprint density at radius 2 is 1.77 bits per heavy atom. The van der Waals surface area contributed by atoms with Gasteiger partial charge in [0.1, 0.15) is 6.04 Å². The summed E-state index contributed by atoms with van der Waals surface area (Å²) in [7, 11) is 0. The van der Waals surface area contributed by atoms with Crippen LogP contribution >= 0.6 is 0 Å². The first-order chi connectivity index (χ1) is 14.1. The SMILES string of the molecule is CC(=O)[C@H](CCCCN)NC(=O)N[C@@H](CCC(N)=O)c1nc([C@@H](N)CC(N)=O)no1. The molecule has 0 fully saturated rings. The van der Waals surface area contributed by atoms with E-state index in [2.05, 4.69) is 20.8 Å². The van der Waals surface area contributed by atoms with E-state index in [4.69, 9.17) is 27.5 Å². The molecule has 1 heterocycles. The summed E-state index contributed by atoms with van der Waals surface area (Å²) in [5.74, 6) is -1.42. The Balaban J connectivity index is 2.86. The number of urea groups is 1. The van der Waals surface area contributed by atoms with E-state index < -0.39 is 36.0 Å². The maximum atomic E-state index is 12.4. The van der Waals surface area contributed by atoms with Crippen LogP contribution in [0.5, 0.6) is 0 Å². The molecule has 1 aromatic heterocycles. The van der Waals surface area contributed by atoms with Gasteiger partial charge in [0.2, 0.25) is 17.7 Å². The van der Waals surface area contributed by atoms with Gasteiger partial charge in [-0.1, -0.05) is 5.16 Å². The van der Waals surface area contributed by atoms with Crippen LogP contribution in [0.2, 0.25) is 0 Å². The lowest BCUT2D eigenvalue weighted by molar-refractivity contribution is -0.119. The van der Waals surface area contributed by atoms with Crippen LogP contribution < -0.4 is 33.6 Å².